The normalized spacial score (nSPS) is 20.4. The van der Waals surface area contributed by atoms with Gasteiger partial charge in [0, 0.05) is 13.0 Å². The van der Waals surface area contributed by atoms with Crippen LogP contribution < -0.4 is 0 Å². The van der Waals surface area contributed by atoms with E-state index in [0.29, 0.717) is 13.0 Å². The summed E-state index contributed by atoms with van der Waals surface area (Å²) < 4.78 is 22.7. The molecule has 1 aliphatic heterocycles. The van der Waals surface area contributed by atoms with Gasteiger partial charge in [-0.05, 0) is 12.8 Å². The van der Waals surface area contributed by atoms with Crippen LogP contribution in [0.3, 0.4) is 0 Å². The third-order valence-corrected chi connectivity index (χ3v) is 11.5. The molecule has 0 aromatic heterocycles. The summed E-state index contributed by atoms with van der Waals surface area (Å²) in [4.78, 5) is 12.8. The van der Waals surface area contributed by atoms with E-state index >= 15 is 0 Å². The number of ether oxygens (including phenoxy) is 4. The maximum absolute atomic E-state index is 12.8. The van der Waals surface area contributed by atoms with Gasteiger partial charge in [-0.3, -0.25) is 4.79 Å². The SMILES string of the molecule is CCCCCCCCCCCCCCCCCCCCCCCCCCCC(=O)OC(COCCCCCCCCCC)COC1OC(CO)C(O)C(O)C1O. The molecule has 6 unspecified atom stereocenters. The Labute approximate surface area is 344 Å². The van der Waals surface area contributed by atoms with Gasteiger partial charge in [0.1, 0.15) is 30.5 Å². The fraction of sp³-hybridized carbons (Fsp3) is 0.979. The molecule has 1 aliphatic rings. The average Bonchev–Trinajstić information content (AvgIpc) is 3.20. The standard InChI is InChI=1S/C47H92O9/c1-3-5-7-9-11-13-14-15-16-17-18-19-20-21-22-23-24-25-26-27-28-29-30-32-34-36-43(49)55-41(39-53-37-35-33-31-12-10-8-6-4-2)40-54-47-46(52)45(51)44(50)42(38-48)56-47/h41-42,44-48,50-52H,3-40H2,1-2H3. The maximum atomic E-state index is 12.8. The molecular formula is C47H92O9. The third kappa shape index (κ3) is 30.3. The molecule has 0 spiro atoms. The van der Waals surface area contributed by atoms with Crippen molar-refractivity contribution in [3.63, 3.8) is 0 Å². The molecule has 0 amide bonds. The average molecular weight is 801 g/mol. The van der Waals surface area contributed by atoms with E-state index in [9.17, 15) is 25.2 Å². The number of rotatable bonds is 42. The summed E-state index contributed by atoms with van der Waals surface area (Å²) in [7, 11) is 0. The van der Waals surface area contributed by atoms with Crippen LogP contribution in [0.4, 0.5) is 0 Å². The summed E-state index contributed by atoms with van der Waals surface area (Å²) in [5, 5.41) is 40.0. The zero-order chi connectivity index (χ0) is 40.7. The summed E-state index contributed by atoms with van der Waals surface area (Å²) in [5.74, 6) is -0.308. The van der Waals surface area contributed by atoms with Gasteiger partial charge in [0.15, 0.2) is 6.29 Å². The van der Waals surface area contributed by atoms with Crippen LogP contribution in [0.25, 0.3) is 0 Å². The van der Waals surface area contributed by atoms with Crippen LogP contribution in [0.5, 0.6) is 0 Å². The van der Waals surface area contributed by atoms with Crippen LogP contribution in [-0.4, -0.2) is 89.6 Å². The highest BCUT2D eigenvalue weighted by atomic mass is 16.7. The quantitative estimate of drug-likeness (QED) is 0.0351. The van der Waals surface area contributed by atoms with E-state index in [0.717, 1.165) is 32.1 Å². The Morgan fingerprint density at radius 2 is 0.875 bits per heavy atom. The lowest BCUT2D eigenvalue weighted by Gasteiger charge is -2.39. The molecule has 1 saturated heterocycles. The van der Waals surface area contributed by atoms with Crippen LogP contribution >= 0.6 is 0 Å². The minimum atomic E-state index is -1.53. The van der Waals surface area contributed by atoms with Crippen molar-refractivity contribution in [1.82, 2.24) is 0 Å². The van der Waals surface area contributed by atoms with E-state index < -0.39 is 43.4 Å². The Morgan fingerprint density at radius 3 is 1.27 bits per heavy atom. The highest BCUT2D eigenvalue weighted by Crippen LogP contribution is 2.23. The van der Waals surface area contributed by atoms with Gasteiger partial charge in [0.05, 0.1) is 19.8 Å². The van der Waals surface area contributed by atoms with Gasteiger partial charge in [-0.15, -0.1) is 0 Å². The molecule has 0 saturated carbocycles. The molecule has 0 aliphatic carbocycles. The molecule has 0 aromatic rings. The first-order valence-electron chi connectivity index (χ1n) is 24.1. The van der Waals surface area contributed by atoms with Gasteiger partial charge in [-0.1, -0.05) is 213 Å². The summed E-state index contributed by atoms with van der Waals surface area (Å²) in [5.41, 5.74) is 0. The molecule has 1 rings (SSSR count). The predicted molar refractivity (Wildman–Crippen MR) is 229 cm³/mol. The zero-order valence-electron chi connectivity index (χ0n) is 36.7. The predicted octanol–water partition coefficient (Wildman–Crippen LogP) is 11.0. The van der Waals surface area contributed by atoms with Crippen molar-refractivity contribution in [3.8, 4) is 0 Å². The Bertz CT molecular complexity index is 827. The highest BCUT2D eigenvalue weighted by molar-refractivity contribution is 5.69. The van der Waals surface area contributed by atoms with Crippen molar-refractivity contribution in [3.05, 3.63) is 0 Å². The highest BCUT2D eigenvalue weighted by Gasteiger charge is 2.44. The van der Waals surface area contributed by atoms with Crippen molar-refractivity contribution >= 4 is 5.97 Å². The number of hydrogen-bond acceptors (Lipinski definition) is 9. The third-order valence-electron chi connectivity index (χ3n) is 11.5. The Balaban J connectivity index is 2.09. The molecule has 6 atom stereocenters. The van der Waals surface area contributed by atoms with Crippen LogP contribution in [0, 0.1) is 0 Å². The van der Waals surface area contributed by atoms with Crippen molar-refractivity contribution in [1.29, 1.82) is 0 Å². The molecule has 9 heteroatoms. The number of aliphatic hydroxyl groups is 4. The van der Waals surface area contributed by atoms with Crippen LogP contribution in [0.2, 0.25) is 0 Å². The van der Waals surface area contributed by atoms with Gasteiger partial charge in [0.25, 0.3) is 0 Å². The summed E-state index contributed by atoms with van der Waals surface area (Å²) in [6.07, 6.45) is 35.9. The minimum Gasteiger partial charge on any atom is -0.457 e. The van der Waals surface area contributed by atoms with Crippen LogP contribution in [0.15, 0.2) is 0 Å². The van der Waals surface area contributed by atoms with E-state index in [1.165, 1.54) is 180 Å². The first-order valence-corrected chi connectivity index (χ1v) is 24.1. The summed E-state index contributed by atoms with van der Waals surface area (Å²) >= 11 is 0. The second-order valence-electron chi connectivity index (χ2n) is 16.9. The Kier molecular flexibility index (Phi) is 37.7. The summed E-state index contributed by atoms with van der Waals surface area (Å²) in [6.45, 7) is 4.58. The number of aliphatic hydroxyl groups excluding tert-OH is 4. The Hall–Kier alpha value is -0.810. The Morgan fingerprint density at radius 1 is 0.500 bits per heavy atom. The monoisotopic (exact) mass is 801 g/mol. The molecule has 1 fully saturated rings. The van der Waals surface area contributed by atoms with E-state index in [4.69, 9.17) is 18.9 Å². The number of unbranched alkanes of at least 4 members (excludes halogenated alkanes) is 31. The molecule has 0 bridgehead atoms. The molecule has 9 nitrogen and oxygen atoms in total. The molecule has 0 aromatic carbocycles. The minimum absolute atomic E-state index is 0.106. The maximum Gasteiger partial charge on any atom is 0.306 e. The smallest absolute Gasteiger partial charge is 0.306 e. The molecule has 334 valence electrons. The molecule has 1 heterocycles. The van der Waals surface area contributed by atoms with Gasteiger partial charge < -0.3 is 39.4 Å². The van der Waals surface area contributed by atoms with Gasteiger partial charge >= 0.3 is 5.97 Å². The summed E-state index contributed by atoms with van der Waals surface area (Å²) in [6, 6.07) is 0. The second kappa shape index (κ2) is 39.6. The number of hydrogen-bond donors (Lipinski definition) is 4. The fourth-order valence-corrected chi connectivity index (χ4v) is 7.73. The van der Waals surface area contributed by atoms with Gasteiger partial charge in [-0.2, -0.15) is 0 Å². The molecular weight excluding hydrogens is 709 g/mol. The van der Waals surface area contributed by atoms with E-state index in [1.54, 1.807) is 0 Å². The van der Waals surface area contributed by atoms with Crippen molar-refractivity contribution in [2.24, 2.45) is 0 Å². The van der Waals surface area contributed by atoms with Crippen LogP contribution in [-0.2, 0) is 23.7 Å². The van der Waals surface area contributed by atoms with E-state index in [1.807, 2.05) is 0 Å². The lowest BCUT2D eigenvalue weighted by atomic mass is 9.99. The lowest BCUT2D eigenvalue weighted by Crippen LogP contribution is -2.59. The molecule has 4 N–H and O–H groups in total. The molecule has 0 radical (unpaired) electrons. The zero-order valence-corrected chi connectivity index (χ0v) is 36.7. The lowest BCUT2D eigenvalue weighted by molar-refractivity contribution is -0.305. The van der Waals surface area contributed by atoms with Crippen LogP contribution in [0.1, 0.15) is 232 Å². The van der Waals surface area contributed by atoms with Gasteiger partial charge in [-0.25, -0.2) is 0 Å². The first kappa shape index (κ1) is 53.2. The molecule has 56 heavy (non-hydrogen) atoms. The number of esters is 1. The van der Waals surface area contributed by atoms with Crippen molar-refractivity contribution in [2.75, 3.05) is 26.4 Å². The number of carbonyl (C=O) groups excluding carboxylic acids is 1. The van der Waals surface area contributed by atoms with Gasteiger partial charge in [0.2, 0.25) is 0 Å². The topological polar surface area (TPSA) is 135 Å². The van der Waals surface area contributed by atoms with E-state index in [-0.39, 0.29) is 19.2 Å². The fourth-order valence-electron chi connectivity index (χ4n) is 7.73. The van der Waals surface area contributed by atoms with Crippen molar-refractivity contribution < 1.29 is 44.2 Å². The second-order valence-corrected chi connectivity index (χ2v) is 16.9. The largest absolute Gasteiger partial charge is 0.457 e. The first-order chi connectivity index (χ1) is 27.4. The van der Waals surface area contributed by atoms with Crippen molar-refractivity contribution in [2.45, 2.75) is 269 Å². The van der Waals surface area contributed by atoms with E-state index in [2.05, 4.69) is 13.8 Å². The number of carbonyl (C=O) groups is 1.